The molecule has 0 radical (unpaired) electrons. The molecule has 0 amide bonds. The molecule has 0 spiro atoms. The molecule has 4 rings (SSSR count). The fourth-order valence-corrected chi connectivity index (χ4v) is 3.74. The first kappa shape index (κ1) is 22.1. The second-order valence-corrected chi connectivity index (χ2v) is 8.66. The van der Waals surface area contributed by atoms with E-state index in [9.17, 15) is 9.18 Å². The Morgan fingerprint density at radius 3 is 2.50 bits per heavy atom. The molecular formula is C24H26FN3O3S. The summed E-state index contributed by atoms with van der Waals surface area (Å²) in [6.07, 6.45) is 0. The average molecular weight is 456 g/mol. The molecule has 0 aliphatic carbocycles. The molecule has 0 bridgehead atoms. The second kappa shape index (κ2) is 9.56. The number of nitrogens with zero attached hydrogens (tertiary/aromatic N) is 1. The van der Waals surface area contributed by atoms with Crippen LogP contribution in [0, 0.1) is 11.7 Å². The molecule has 168 valence electrons. The number of pyridine rings is 1. The first-order valence-electron chi connectivity index (χ1n) is 10.6. The highest BCUT2D eigenvalue weighted by atomic mass is 32.1. The lowest BCUT2D eigenvalue weighted by Crippen LogP contribution is -2.41. The standard InChI is InChI=1S/C24H26FN3O3S/c1-15(2)12-26-24(32)28(13-16-3-5-19(25)6-4-16)14-18-9-17-10-21-22(31-8-7-30-21)11-20(17)27-23(18)29/h3-6,9-11,15H,7-8,12-14H2,1-2H3,(H,26,32)(H,27,29). The highest BCUT2D eigenvalue weighted by Gasteiger charge is 2.17. The average Bonchev–Trinajstić information content (AvgIpc) is 2.77. The van der Waals surface area contributed by atoms with E-state index in [1.54, 1.807) is 18.2 Å². The maximum atomic E-state index is 13.3. The Hall–Kier alpha value is -3.13. The predicted octanol–water partition coefficient (Wildman–Crippen LogP) is 3.97. The quantitative estimate of drug-likeness (QED) is 0.549. The van der Waals surface area contributed by atoms with Gasteiger partial charge in [0.05, 0.1) is 12.1 Å². The van der Waals surface area contributed by atoms with Crippen LogP contribution in [0.15, 0.2) is 47.3 Å². The zero-order valence-corrected chi connectivity index (χ0v) is 18.9. The number of aromatic amines is 1. The first-order valence-corrected chi connectivity index (χ1v) is 11.0. The molecule has 0 atom stereocenters. The normalized spacial score (nSPS) is 12.8. The largest absolute Gasteiger partial charge is 0.486 e. The van der Waals surface area contributed by atoms with Crippen molar-refractivity contribution in [2.24, 2.45) is 5.92 Å². The van der Waals surface area contributed by atoms with Crippen molar-refractivity contribution < 1.29 is 13.9 Å². The number of halogens is 1. The van der Waals surface area contributed by atoms with E-state index in [-0.39, 0.29) is 11.4 Å². The number of H-pyrrole nitrogens is 1. The van der Waals surface area contributed by atoms with Crippen LogP contribution in [-0.4, -0.2) is 34.8 Å². The molecule has 1 aliphatic heterocycles. The number of rotatable bonds is 6. The summed E-state index contributed by atoms with van der Waals surface area (Å²) in [5, 5.41) is 4.67. The zero-order chi connectivity index (χ0) is 22.7. The summed E-state index contributed by atoms with van der Waals surface area (Å²) in [6, 6.07) is 11.8. The monoisotopic (exact) mass is 455 g/mol. The molecule has 1 aliphatic rings. The molecule has 0 saturated heterocycles. The summed E-state index contributed by atoms with van der Waals surface area (Å²) < 4.78 is 24.6. The van der Waals surface area contributed by atoms with Crippen LogP contribution in [0.5, 0.6) is 11.5 Å². The lowest BCUT2D eigenvalue weighted by Gasteiger charge is -2.27. The van der Waals surface area contributed by atoms with Gasteiger partial charge >= 0.3 is 0 Å². The van der Waals surface area contributed by atoms with Crippen molar-refractivity contribution in [3.8, 4) is 11.5 Å². The predicted molar refractivity (Wildman–Crippen MR) is 127 cm³/mol. The number of fused-ring (bicyclic) bond motifs is 2. The van der Waals surface area contributed by atoms with Crippen molar-refractivity contribution in [1.82, 2.24) is 15.2 Å². The highest BCUT2D eigenvalue weighted by molar-refractivity contribution is 7.80. The van der Waals surface area contributed by atoms with Crippen molar-refractivity contribution in [1.29, 1.82) is 0 Å². The van der Waals surface area contributed by atoms with Crippen LogP contribution in [0.25, 0.3) is 10.9 Å². The minimum Gasteiger partial charge on any atom is -0.486 e. The molecular weight excluding hydrogens is 429 g/mol. The van der Waals surface area contributed by atoms with Crippen molar-refractivity contribution in [3.63, 3.8) is 0 Å². The first-order chi connectivity index (χ1) is 15.4. The molecule has 8 heteroatoms. The third-order valence-corrected chi connectivity index (χ3v) is 5.58. The summed E-state index contributed by atoms with van der Waals surface area (Å²) in [6.45, 7) is 6.65. The number of ether oxygens (including phenoxy) is 2. The Bertz CT molecular complexity index is 1180. The fraction of sp³-hybridized carbons (Fsp3) is 0.333. The molecule has 0 saturated carbocycles. The number of aromatic nitrogens is 1. The third-order valence-electron chi connectivity index (χ3n) is 5.18. The van der Waals surface area contributed by atoms with E-state index in [1.807, 2.05) is 17.0 Å². The number of thiocarbonyl (C=S) groups is 1. The molecule has 2 heterocycles. The van der Waals surface area contributed by atoms with E-state index in [0.29, 0.717) is 59.9 Å². The topological polar surface area (TPSA) is 66.6 Å². The Balaban J connectivity index is 1.63. The van der Waals surface area contributed by atoms with Gasteiger partial charge < -0.3 is 24.7 Å². The summed E-state index contributed by atoms with van der Waals surface area (Å²) >= 11 is 5.63. The zero-order valence-electron chi connectivity index (χ0n) is 18.1. The van der Waals surface area contributed by atoms with E-state index in [1.165, 1.54) is 12.1 Å². The number of nitrogens with one attached hydrogen (secondary N) is 2. The molecule has 0 fully saturated rings. The van der Waals surface area contributed by atoms with Gasteiger partial charge in [-0.2, -0.15) is 0 Å². The van der Waals surface area contributed by atoms with Gasteiger partial charge in [0, 0.05) is 30.1 Å². The van der Waals surface area contributed by atoms with Crippen molar-refractivity contribution in [3.05, 3.63) is 69.8 Å². The van der Waals surface area contributed by atoms with E-state index in [0.717, 1.165) is 17.5 Å². The number of benzene rings is 2. The molecule has 1 aromatic heterocycles. The Morgan fingerprint density at radius 2 is 1.81 bits per heavy atom. The van der Waals surface area contributed by atoms with Gasteiger partial charge in [0.1, 0.15) is 19.0 Å². The molecule has 2 aromatic carbocycles. The van der Waals surface area contributed by atoms with Gasteiger partial charge in [-0.1, -0.05) is 26.0 Å². The molecule has 2 N–H and O–H groups in total. The Kier molecular flexibility index (Phi) is 6.60. The van der Waals surface area contributed by atoms with E-state index in [2.05, 4.69) is 24.1 Å². The Labute approximate surface area is 191 Å². The van der Waals surface area contributed by atoms with Crippen molar-refractivity contribution in [2.45, 2.75) is 26.9 Å². The summed E-state index contributed by atoms with van der Waals surface area (Å²) in [7, 11) is 0. The Morgan fingerprint density at radius 1 is 1.12 bits per heavy atom. The molecule has 3 aromatic rings. The van der Waals surface area contributed by atoms with Crippen LogP contribution < -0.4 is 20.3 Å². The summed E-state index contributed by atoms with van der Waals surface area (Å²) in [5.74, 6) is 1.42. The molecule has 0 unspecified atom stereocenters. The lowest BCUT2D eigenvalue weighted by atomic mass is 10.1. The lowest BCUT2D eigenvalue weighted by molar-refractivity contribution is 0.172. The van der Waals surface area contributed by atoms with Crippen LogP contribution in [0.3, 0.4) is 0 Å². The van der Waals surface area contributed by atoms with Gasteiger partial charge in [-0.25, -0.2) is 4.39 Å². The van der Waals surface area contributed by atoms with Crippen LogP contribution in [-0.2, 0) is 13.1 Å². The minimum atomic E-state index is -0.290. The van der Waals surface area contributed by atoms with Crippen molar-refractivity contribution >= 4 is 28.2 Å². The van der Waals surface area contributed by atoms with Crippen LogP contribution in [0.2, 0.25) is 0 Å². The minimum absolute atomic E-state index is 0.190. The summed E-state index contributed by atoms with van der Waals surface area (Å²) in [5.41, 5.74) is 1.97. The number of hydrogen-bond donors (Lipinski definition) is 2. The SMILES string of the molecule is CC(C)CNC(=S)N(Cc1ccc(F)cc1)Cc1cc2cc3c(cc2[nH]c1=O)OCCO3. The van der Waals surface area contributed by atoms with Gasteiger partial charge in [0.2, 0.25) is 0 Å². The molecule has 32 heavy (non-hydrogen) atoms. The molecule has 6 nitrogen and oxygen atoms in total. The van der Waals surface area contributed by atoms with Crippen LogP contribution >= 0.6 is 12.2 Å². The van der Waals surface area contributed by atoms with Crippen LogP contribution in [0.1, 0.15) is 25.0 Å². The van der Waals surface area contributed by atoms with Crippen molar-refractivity contribution in [2.75, 3.05) is 19.8 Å². The third kappa shape index (κ3) is 5.19. The fourth-order valence-electron chi connectivity index (χ4n) is 3.52. The second-order valence-electron chi connectivity index (χ2n) is 8.27. The van der Waals surface area contributed by atoms with Gasteiger partial charge in [-0.05, 0) is 48.0 Å². The van der Waals surface area contributed by atoms with Gasteiger partial charge in [0.15, 0.2) is 16.6 Å². The van der Waals surface area contributed by atoms with Crippen LogP contribution in [0.4, 0.5) is 4.39 Å². The van der Waals surface area contributed by atoms with Gasteiger partial charge in [-0.3, -0.25) is 4.79 Å². The van der Waals surface area contributed by atoms with E-state index in [4.69, 9.17) is 21.7 Å². The highest BCUT2D eigenvalue weighted by Crippen LogP contribution is 2.33. The summed E-state index contributed by atoms with van der Waals surface area (Å²) in [4.78, 5) is 17.7. The van der Waals surface area contributed by atoms with Gasteiger partial charge in [-0.15, -0.1) is 0 Å². The smallest absolute Gasteiger partial charge is 0.253 e. The van der Waals surface area contributed by atoms with Gasteiger partial charge in [0.25, 0.3) is 5.56 Å². The maximum Gasteiger partial charge on any atom is 0.253 e. The van der Waals surface area contributed by atoms with E-state index < -0.39 is 0 Å². The maximum absolute atomic E-state index is 13.3. The van der Waals surface area contributed by atoms with E-state index >= 15 is 0 Å². The number of hydrogen-bond acceptors (Lipinski definition) is 4.